The summed E-state index contributed by atoms with van der Waals surface area (Å²) in [4.78, 5) is 11.7. The van der Waals surface area contributed by atoms with Gasteiger partial charge in [-0.2, -0.15) is 0 Å². The van der Waals surface area contributed by atoms with Gasteiger partial charge in [-0.3, -0.25) is 4.79 Å². The van der Waals surface area contributed by atoms with Crippen LogP contribution in [0.15, 0.2) is 18.3 Å². The Morgan fingerprint density at radius 3 is 2.94 bits per heavy atom. The second-order valence-corrected chi connectivity index (χ2v) is 3.79. The number of aliphatic hydroxyl groups is 1. The topological polar surface area (TPSA) is 80.3 Å². The molecule has 0 aliphatic heterocycles. The van der Waals surface area contributed by atoms with Crippen molar-refractivity contribution in [2.45, 2.75) is 32.5 Å². The highest BCUT2D eigenvalue weighted by Gasteiger charge is 2.13. The van der Waals surface area contributed by atoms with Crippen LogP contribution in [-0.4, -0.2) is 34.3 Å². The largest absolute Gasteiger partial charge is 0.392 e. The van der Waals surface area contributed by atoms with Gasteiger partial charge in [-0.1, -0.05) is 0 Å². The van der Waals surface area contributed by atoms with E-state index in [4.69, 9.17) is 5.73 Å². The molecule has 1 heterocycles. The summed E-state index contributed by atoms with van der Waals surface area (Å²) in [5, 5.41) is 11.9. The molecular weight excluding hydrogens is 206 g/mol. The van der Waals surface area contributed by atoms with Crippen molar-refractivity contribution < 1.29 is 9.90 Å². The highest BCUT2D eigenvalue weighted by Crippen LogP contribution is 2.01. The van der Waals surface area contributed by atoms with Gasteiger partial charge in [-0.15, -0.1) is 0 Å². The Kier molecular flexibility index (Phi) is 4.52. The molecule has 90 valence electrons. The highest BCUT2D eigenvalue weighted by atomic mass is 16.3. The number of nitrogens with two attached hydrogens (primary N) is 1. The van der Waals surface area contributed by atoms with Crippen LogP contribution in [0.2, 0.25) is 0 Å². The van der Waals surface area contributed by atoms with Crippen LogP contribution in [0.3, 0.4) is 0 Å². The molecule has 2 unspecified atom stereocenters. The zero-order valence-electron chi connectivity index (χ0n) is 9.68. The molecule has 2 atom stereocenters. The second-order valence-electron chi connectivity index (χ2n) is 3.79. The van der Waals surface area contributed by atoms with Crippen molar-refractivity contribution in [3.63, 3.8) is 0 Å². The van der Waals surface area contributed by atoms with E-state index in [9.17, 15) is 9.90 Å². The van der Waals surface area contributed by atoms with E-state index in [-0.39, 0.29) is 12.5 Å². The zero-order valence-corrected chi connectivity index (χ0v) is 9.68. The first-order valence-corrected chi connectivity index (χ1v) is 5.43. The fourth-order valence-corrected chi connectivity index (χ4v) is 1.37. The number of nitrogens with one attached hydrogen (secondary N) is 1. The average molecular weight is 225 g/mol. The summed E-state index contributed by atoms with van der Waals surface area (Å²) in [7, 11) is 0. The first-order chi connectivity index (χ1) is 7.56. The normalized spacial score (nSPS) is 14.5. The molecule has 5 heteroatoms. The monoisotopic (exact) mass is 225 g/mol. The third-order valence-corrected chi connectivity index (χ3v) is 2.52. The van der Waals surface area contributed by atoms with Gasteiger partial charge in [0.1, 0.15) is 5.69 Å². The van der Waals surface area contributed by atoms with E-state index in [0.717, 1.165) is 6.54 Å². The standard InChI is InChI=1S/C11H19N3O2/c1-3-14-6-4-5-10(14)11(16)13-7-9(12)8(2)15/h4-6,8-9,15H,3,7,12H2,1-2H3,(H,13,16). The first-order valence-electron chi connectivity index (χ1n) is 5.43. The van der Waals surface area contributed by atoms with E-state index in [1.807, 2.05) is 23.8 Å². The van der Waals surface area contributed by atoms with E-state index < -0.39 is 12.1 Å². The number of carbonyl (C=O) groups excluding carboxylic acids is 1. The van der Waals surface area contributed by atoms with Crippen molar-refractivity contribution in [3.8, 4) is 0 Å². The first kappa shape index (κ1) is 12.7. The van der Waals surface area contributed by atoms with Crippen LogP contribution in [0.1, 0.15) is 24.3 Å². The minimum absolute atomic E-state index is 0.164. The van der Waals surface area contributed by atoms with Crippen LogP contribution >= 0.6 is 0 Å². The number of carbonyl (C=O) groups is 1. The predicted molar refractivity (Wildman–Crippen MR) is 62.1 cm³/mol. The number of nitrogens with zero attached hydrogens (tertiary/aromatic N) is 1. The van der Waals surface area contributed by atoms with Gasteiger partial charge in [-0.05, 0) is 26.0 Å². The summed E-state index contributed by atoms with van der Waals surface area (Å²) in [5.74, 6) is -0.164. The fourth-order valence-electron chi connectivity index (χ4n) is 1.37. The number of aromatic nitrogens is 1. The maximum Gasteiger partial charge on any atom is 0.267 e. The van der Waals surface area contributed by atoms with Crippen LogP contribution in [0.5, 0.6) is 0 Å². The van der Waals surface area contributed by atoms with Crippen LogP contribution in [-0.2, 0) is 6.54 Å². The average Bonchev–Trinajstić information content (AvgIpc) is 2.73. The molecule has 0 aliphatic carbocycles. The van der Waals surface area contributed by atoms with E-state index in [0.29, 0.717) is 5.69 Å². The lowest BCUT2D eigenvalue weighted by Crippen LogP contribution is -2.44. The minimum Gasteiger partial charge on any atom is -0.392 e. The highest BCUT2D eigenvalue weighted by molar-refractivity contribution is 5.92. The van der Waals surface area contributed by atoms with Crippen molar-refractivity contribution in [1.29, 1.82) is 0 Å². The van der Waals surface area contributed by atoms with Gasteiger partial charge in [0.15, 0.2) is 0 Å². The molecule has 1 rings (SSSR count). The lowest BCUT2D eigenvalue weighted by molar-refractivity contribution is 0.0928. The number of hydrogen-bond donors (Lipinski definition) is 3. The molecule has 0 fully saturated rings. The Bertz CT molecular complexity index is 347. The van der Waals surface area contributed by atoms with Crippen molar-refractivity contribution in [2.24, 2.45) is 5.73 Å². The molecule has 1 amide bonds. The number of rotatable bonds is 5. The summed E-state index contributed by atoms with van der Waals surface area (Å²) in [5.41, 5.74) is 6.23. The molecule has 0 spiro atoms. The van der Waals surface area contributed by atoms with E-state index in [1.165, 1.54) is 0 Å². The molecule has 0 saturated carbocycles. The van der Waals surface area contributed by atoms with E-state index in [2.05, 4.69) is 5.32 Å². The third kappa shape index (κ3) is 3.08. The van der Waals surface area contributed by atoms with Crippen LogP contribution in [0.4, 0.5) is 0 Å². The Balaban J connectivity index is 2.53. The number of hydrogen-bond acceptors (Lipinski definition) is 3. The maximum atomic E-state index is 11.7. The lowest BCUT2D eigenvalue weighted by atomic mass is 10.2. The van der Waals surface area contributed by atoms with Crippen molar-refractivity contribution in [3.05, 3.63) is 24.0 Å². The lowest BCUT2D eigenvalue weighted by Gasteiger charge is -2.15. The van der Waals surface area contributed by atoms with E-state index in [1.54, 1.807) is 13.0 Å². The van der Waals surface area contributed by atoms with Gasteiger partial charge >= 0.3 is 0 Å². The fraction of sp³-hybridized carbons (Fsp3) is 0.545. The molecule has 0 radical (unpaired) electrons. The Morgan fingerprint density at radius 1 is 1.69 bits per heavy atom. The predicted octanol–water partition coefficient (Wildman–Crippen LogP) is -0.0541. The van der Waals surface area contributed by atoms with Gasteiger partial charge in [0.05, 0.1) is 6.10 Å². The second kappa shape index (κ2) is 5.67. The van der Waals surface area contributed by atoms with Gasteiger partial charge in [0.2, 0.25) is 0 Å². The van der Waals surface area contributed by atoms with Crippen molar-refractivity contribution >= 4 is 5.91 Å². The summed E-state index contributed by atoms with van der Waals surface area (Å²) in [6.07, 6.45) is 1.22. The van der Waals surface area contributed by atoms with Crippen molar-refractivity contribution in [1.82, 2.24) is 9.88 Å². The molecule has 1 aromatic rings. The summed E-state index contributed by atoms with van der Waals surface area (Å²) >= 11 is 0. The number of aliphatic hydroxyl groups excluding tert-OH is 1. The third-order valence-electron chi connectivity index (χ3n) is 2.52. The summed E-state index contributed by atoms with van der Waals surface area (Å²) < 4.78 is 1.85. The van der Waals surface area contributed by atoms with Gasteiger partial charge < -0.3 is 20.7 Å². The van der Waals surface area contributed by atoms with Crippen molar-refractivity contribution in [2.75, 3.05) is 6.54 Å². The molecule has 0 bridgehead atoms. The zero-order chi connectivity index (χ0) is 12.1. The van der Waals surface area contributed by atoms with E-state index >= 15 is 0 Å². The van der Waals surface area contributed by atoms with Crippen LogP contribution < -0.4 is 11.1 Å². The Morgan fingerprint density at radius 2 is 2.38 bits per heavy atom. The smallest absolute Gasteiger partial charge is 0.267 e. The number of amides is 1. The molecule has 0 aromatic carbocycles. The maximum absolute atomic E-state index is 11.7. The molecule has 0 aliphatic rings. The van der Waals surface area contributed by atoms with Crippen LogP contribution in [0, 0.1) is 0 Å². The van der Waals surface area contributed by atoms with Gasteiger partial charge in [0.25, 0.3) is 5.91 Å². The minimum atomic E-state index is -0.627. The molecule has 0 saturated heterocycles. The molecule has 5 nitrogen and oxygen atoms in total. The molecular formula is C11H19N3O2. The molecule has 4 N–H and O–H groups in total. The molecule has 16 heavy (non-hydrogen) atoms. The SMILES string of the molecule is CCn1cccc1C(=O)NCC(N)C(C)O. The molecule has 1 aromatic heterocycles. The van der Waals surface area contributed by atoms with Gasteiger partial charge in [0, 0.05) is 25.3 Å². The summed E-state index contributed by atoms with van der Waals surface area (Å²) in [6, 6.07) is 3.15. The Labute approximate surface area is 95.3 Å². The number of aryl methyl sites for hydroxylation is 1. The quantitative estimate of drug-likeness (QED) is 0.657. The Hall–Kier alpha value is -1.33. The van der Waals surface area contributed by atoms with Gasteiger partial charge in [-0.25, -0.2) is 0 Å². The summed E-state index contributed by atoms with van der Waals surface area (Å²) in [6.45, 7) is 4.59. The van der Waals surface area contributed by atoms with Crippen LogP contribution in [0.25, 0.3) is 0 Å².